The van der Waals surface area contributed by atoms with Gasteiger partial charge in [-0.15, -0.1) is 10.2 Å². The lowest BCUT2D eigenvalue weighted by Crippen LogP contribution is -2.35. The van der Waals surface area contributed by atoms with Gasteiger partial charge in [0.2, 0.25) is 5.95 Å². The molecule has 0 amide bonds. The quantitative estimate of drug-likeness (QED) is 0.594. The SMILES string of the molecule is CC1CCN(c2nnc(SCc3cccc(Br)c3)n2CC2CCCO2)CC1. The molecule has 0 spiro atoms. The van der Waals surface area contributed by atoms with Crippen LogP contribution in [0.2, 0.25) is 0 Å². The number of aromatic nitrogens is 3. The van der Waals surface area contributed by atoms with Crippen LogP contribution in [0.25, 0.3) is 0 Å². The number of thioether (sulfide) groups is 1. The second-order valence-electron chi connectivity index (χ2n) is 7.62. The highest BCUT2D eigenvalue weighted by Crippen LogP contribution is 2.30. The molecule has 7 heteroatoms. The molecule has 0 N–H and O–H groups in total. The van der Waals surface area contributed by atoms with Crippen LogP contribution in [0.15, 0.2) is 33.9 Å². The summed E-state index contributed by atoms with van der Waals surface area (Å²) in [6, 6.07) is 8.47. The van der Waals surface area contributed by atoms with Crippen molar-refractivity contribution in [2.45, 2.75) is 56.2 Å². The number of halogens is 1. The highest BCUT2D eigenvalue weighted by molar-refractivity contribution is 9.10. The van der Waals surface area contributed by atoms with Gasteiger partial charge in [0.15, 0.2) is 5.16 Å². The van der Waals surface area contributed by atoms with Gasteiger partial charge in [0.1, 0.15) is 0 Å². The number of anilines is 1. The van der Waals surface area contributed by atoms with Crippen LogP contribution in [-0.4, -0.2) is 40.6 Å². The van der Waals surface area contributed by atoms with Crippen LogP contribution in [0.4, 0.5) is 5.95 Å². The maximum Gasteiger partial charge on any atom is 0.228 e. The van der Waals surface area contributed by atoms with E-state index in [0.717, 1.165) is 66.3 Å². The Labute approximate surface area is 174 Å². The van der Waals surface area contributed by atoms with Crippen molar-refractivity contribution in [1.82, 2.24) is 14.8 Å². The molecule has 2 aliphatic rings. The predicted molar refractivity (Wildman–Crippen MR) is 113 cm³/mol. The van der Waals surface area contributed by atoms with Gasteiger partial charge >= 0.3 is 0 Å². The fourth-order valence-electron chi connectivity index (χ4n) is 3.76. The number of ether oxygens (including phenoxy) is 1. The van der Waals surface area contributed by atoms with Crippen LogP contribution >= 0.6 is 27.7 Å². The van der Waals surface area contributed by atoms with Crippen LogP contribution in [0.1, 0.15) is 38.2 Å². The number of piperidine rings is 1. The average molecular weight is 451 g/mol. The van der Waals surface area contributed by atoms with E-state index in [1.54, 1.807) is 11.8 Å². The van der Waals surface area contributed by atoms with Crippen LogP contribution < -0.4 is 4.90 Å². The number of benzene rings is 1. The van der Waals surface area contributed by atoms with Crippen LogP contribution in [0.3, 0.4) is 0 Å². The topological polar surface area (TPSA) is 43.2 Å². The Morgan fingerprint density at radius 2 is 2.07 bits per heavy atom. The van der Waals surface area contributed by atoms with E-state index in [1.165, 1.54) is 18.4 Å². The first-order valence-corrected chi connectivity index (χ1v) is 11.6. The molecule has 2 aliphatic heterocycles. The molecule has 0 bridgehead atoms. The first-order chi connectivity index (χ1) is 13.2. The van der Waals surface area contributed by atoms with Crippen molar-refractivity contribution in [1.29, 1.82) is 0 Å². The van der Waals surface area contributed by atoms with Gasteiger partial charge in [-0.1, -0.05) is 46.7 Å². The summed E-state index contributed by atoms with van der Waals surface area (Å²) < 4.78 is 9.32. The van der Waals surface area contributed by atoms with Crippen molar-refractivity contribution in [2.24, 2.45) is 5.92 Å². The van der Waals surface area contributed by atoms with E-state index in [1.807, 2.05) is 0 Å². The molecule has 3 heterocycles. The Kier molecular flexibility index (Phi) is 6.40. The van der Waals surface area contributed by atoms with Gasteiger partial charge in [-0.05, 0) is 49.3 Å². The monoisotopic (exact) mass is 450 g/mol. The molecule has 1 unspecified atom stereocenters. The third kappa shape index (κ3) is 4.87. The van der Waals surface area contributed by atoms with E-state index in [-0.39, 0.29) is 6.10 Å². The molecule has 0 radical (unpaired) electrons. The van der Waals surface area contributed by atoms with Crippen molar-refractivity contribution in [3.05, 3.63) is 34.3 Å². The van der Waals surface area contributed by atoms with Gasteiger partial charge in [-0.3, -0.25) is 4.57 Å². The highest BCUT2D eigenvalue weighted by atomic mass is 79.9. The summed E-state index contributed by atoms with van der Waals surface area (Å²) in [5.74, 6) is 2.72. The van der Waals surface area contributed by atoms with Gasteiger partial charge in [0.25, 0.3) is 0 Å². The molecule has 2 fully saturated rings. The summed E-state index contributed by atoms with van der Waals surface area (Å²) in [4.78, 5) is 2.41. The average Bonchev–Trinajstić information content (AvgIpc) is 3.31. The van der Waals surface area contributed by atoms with E-state index in [9.17, 15) is 0 Å². The fourth-order valence-corrected chi connectivity index (χ4v) is 5.09. The minimum Gasteiger partial charge on any atom is -0.376 e. The Balaban J connectivity index is 1.52. The number of hydrogen-bond acceptors (Lipinski definition) is 5. The second kappa shape index (κ2) is 8.97. The van der Waals surface area contributed by atoms with Gasteiger partial charge in [0.05, 0.1) is 12.6 Å². The molecule has 2 saturated heterocycles. The van der Waals surface area contributed by atoms with Crippen LogP contribution in [-0.2, 0) is 17.0 Å². The predicted octanol–water partition coefficient (Wildman–Crippen LogP) is 4.75. The molecular weight excluding hydrogens is 424 g/mol. The summed E-state index contributed by atoms with van der Waals surface area (Å²) in [7, 11) is 0. The summed E-state index contributed by atoms with van der Waals surface area (Å²) in [5.41, 5.74) is 1.29. The zero-order valence-electron chi connectivity index (χ0n) is 15.8. The molecular formula is C20H27BrN4OS. The number of hydrogen-bond donors (Lipinski definition) is 0. The van der Waals surface area contributed by atoms with Crippen LogP contribution in [0.5, 0.6) is 0 Å². The maximum absolute atomic E-state index is 5.91. The summed E-state index contributed by atoms with van der Waals surface area (Å²) >= 11 is 5.32. The van der Waals surface area contributed by atoms with Gasteiger partial charge in [-0.2, -0.15) is 0 Å². The molecule has 1 atom stereocenters. The zero-order chi connectivity index (χ0) is 18.6. The van der Waals surface area contributed by atoms with Crippen molar-refractivity contribution in [3.63, 3.8) is 0 Å². The minimum atomic E-state index is 0.286. The first kappa shape index (κ1) is 19.3. The first-order valence-electron chi connectivity index (χ1n) is 9.86. The largest absolute Gasteiger partial charge is 0.376 e. The second-order valence-corrected chi connectivity index (χ2v) is 9.47. The Hall–Kier alpha value is -1.05. The molecule has 146 valence electrons. The summed E-state index contributed by atoms with van der Waals surface area (Å²) in [5, 5.41) is 10.1. The molecule has 5 nitrogen and oxygen atoms in total. The molecule has 0 aliphatic carbocycles. The molecule has 27 heavy (non-hydrogen) atoms. The lowest BCUT2D eigenvalue weighted by atomic mass is 10.00. The van der Waals surface area contributed by atoms with Gasteiger partial charge < -0.3 is 9.64 Å². The number of nitrogens with zero attached hydrogens (tertiary/aromatic N) is 4. The molecule has 1 aromatic carbocycles. The standard InChI is InChI=1S/C20H27BrN4OS/c1-15-7-9-24(10-8-15)19-22-23-20(25(19)13-18-6-3-11-26-18)27-14-16-4-2-5-17(21)12-16/h2,4-5,12,15,18H,3,6-11,13-14H2,1H3. The van der Waals surface area contributed by atoms with Crippen molar-refractivity contribution in [2.75, 3.05) is 24.6 Å². The smallest absolute Gasteiger partial charge is 0.228 e. The Morgan fingerprint density at radius 1 is 1.22 bits per heavy atom. The van der Waals surface area contributed by atoms with E-state index in [0.29, 0.717) is 0 Å². The normalized spacial score (nSPS) is 21.1. The van der Waals surface area contributed by atoms with E-state index >= 15 is 0 Å². The van der Waals surface area contributed by atoms with Crippen molar-refractivity contribution >= 4 is 33.6 Å². The van der Waals surface area contributed by atoms with E-state index in [2.05, 4.69) is 66.8 Å². The van der Waals surface area contributed by atoms with Crippen LogP contribution in [0, 0.1) is 5.92 Å². The van der Waals surface area contributed by atoms with Gasteiger partial charge in [-0.25, -0.2) is 0 Å². The summed E-state index contributed by atoms with van der Waals surface area (Å²) in [6.45, 7) is 6.22. The van der Waals surface area contributed by atoms with Crippen molar-refractivity contribution in [3.8, 4) is 0 Å². The third-order valence-electron chi connectivity index (χ3n) is 5.43. The van der Waals surface area contributed by atoms with Gasteiger partial charge in [0, 0.05) is 29.9 Å². The third-order valence-corrected chi connectivity index (χ3v) is 6.96. The molecule has 0 saturated carbocycles. The molecule has 1 aromatic heterocycles. The molecule has 4 rings (SSSR count). The minimum absolute atomic E-state index is 0.286. The lowest BCUT2D eigenvalue weighted by molar-refractivity contribution is 0.0951. The van der Waals surface area contributed by atoms with E-state index < -0.39 is 0 Å². The van der Waals surface area contributed by atoms with E-state index in [4.69, 9.17) is 4.74 Å². The fraction of sp³-hybridized carbons (Fsp3) is 0.600. The summed E-state index contributed by atoms with van der Waals surface area (Å²) in [6.07, 6.45) is 5.03. The highest BCUT2D eigenvalue weighted by Gasteiger charge is 2.25. The Morgan fingerprint density at radius 3 is 2.81 bits per heavy atom. The molecule has 2 aromatic rings. The Bertz CT molecular complexity index is 754. The lowest BCUT2D eigenvalue weighted by Gasteiger charge is -2.31. The van der Waals surface area contributed by atoms with Crippen molar-refractivity contribution < 1.29 is 4.74 Å². The number of rotatable bonds is 6. The zero-order valence-corrected chi connectivity index (χ0v) is 18.2. The maximum atomic E-state index is 5.91.